The molecule has 1 aromatic carbocycles. The third kappa shape index (κ3) is 4.46. The smallest absolute Gasteiger partial charge is 0.0468 e. The molecule has 96 valence electrons. The van der Waals surface area contributed by atoms with Gasteiger partial charge in [0.25, 0.3) is 0 Å². The molecule has 0 radical (unpaired) electrons. The maximum Gasteiger partial charge on any atom is 0.0468 e. The van der Waals surface area contributed by atoms with Crippen LogP contribution in [0.3, 0.4) is 0 Å². The fourth-order valence-electron chi connectivity index (χ4n) is 1.96. The molecule has 0 aliphatic carbocycles. The number of hydrogen-bond acceptors (Lipinski definition) is 3. The van der Waals surface area contributed by atoms with E-state index >= 15 is 0 Å². The minimum atomic E-state index is 0.315. The molecular formula is C14H25N3. The van der Waals surface area contributed by atoms with Crippen LogP contribution in [0.25, 0.3) is 0 Å². The van der Waals surface area contributed by atoms with E-state index in [1.54, 1.807) is 0 Å². The van der Waals surface area contributed by atoms with Gasteiger partial charge in [0, 0.05) is 25.7 Å². The molecule has 0 heterocycles. The molecule has 1 rings (SSSR count). The lowest BCUT2D eigenvalue weighted by Crippen LogP contribution is -2.35. The predicted octanol–water partition coefficient (Wildman–Crippen LogP) is 1.49. The van der Waals surface area contributed by atoms with E-state index in [4.69, 9.17) is 5.73 Å². The Kier molecular flexibility index (Phi) is 5.62. The van der Waals surface area contributed by atoms with Gasteiger partial charge >= 0.3 is 0 Å². The number of nitrogens with two attached hydrogens (primary N) is 1. The first kappa shape index (κ1) is 14.2. The molecule has 0 aromatic heterocycles. The standard InChI is InChI=1S/C14H25N3/c1-12-6-5-7-13(10-12)14(11-15)17(4)9-8-16(2)3/h5-7,10,14H,8-9,11,15H2,1-4H3. The highest BCUT2D eigenvalue weighted by atomic mass is 15.2. The van der Waals surface area contributed by atoms with E-state index in [1.165, 1.54) is 11.1 Å². The van der Waals surface area contributed by atoms with E-state index in [1.807, 2.05) is 0 Å². The normalized spacial score (nSPS) is 13.4. The molecule has 1 unspecified atom stereocenters. The molecule has 0 saturated heterocycles. The average Bonchev–Trinajstić information content (AvgIpc) is 2.27. The third-order valence-electron chi connectivity index (χ3n) is 3.08. The molecule has 0 saturated carbocycles. The van der Waals surface area contributed by atoms with Crippen molar-refractivity contribution in [2.45, 2.75) is 13.0 Å². The van der Waals surface area contributed by atoms with E-state index in [2.05, 4.69) is 62.1 Å². The van der Waals surface area contributed by atoms with Crippen molar-refractivity contribution in [2.75, 3.05) is 40.8 Å². The second kappa shape index (κ2) is 6.74. The SMILES string of the molecule is Cc1cccc(C(CN)N(C)CCN(C)C)c1. The van der Waals surface area contributed by atoms with Crippen molar-refractivity contribution >= 4 is 0 Å². The van der Waals surface area contributed by atoms with Crippen LogP contribution in [0.1, 0.15) is 17.2 Å². The van der Waals surface area contributed by atoms with Crippen LogP contribution >= 0.6 is 0 Å². The minimum Gasteiger partial charge on any atom is -0.329 e. The molecule has 0 fully saturated rings. The summed E-state index contributed by atoms with van der Waals surface area (Å²) >= 11 is 0. The Hall–Kier alpha value is -0.900. The summed E-state index contributed by atoms with van der Waals surface area (Å²) in [6.07, 6.45) is 0. The summed E-state index contributed by atoms with van der Waals surface area (Å²) in [7, 11) is 6.33. The first-order valence-electron chi connectivity index (χ1n) is 6.16. The van der Waals surface area contributed by atoms with Gasteiger partial charge in [-0.25, -0.2) is 0 Å². The largest absolute Gasteiger partial charge is 0.329 e. The van der Waals surface area contributed by atoms with Crippen molar-refractivity contribution in [1.82, 2.24) is 9.80 Å². The van der Waals surface area contributed by atoms with Crippen LogP contribution in [-0.4, -0.2) is 50.6 Å². The molecule has 17 heavy (non-hydrogen) atoms. The maximum absolute atomic E-state index is 5.91. The summed E-state index contributed by atoms with van der Waals surface area (Å²) in [6.45, 7) is 4.87. The van der Waals surface area contributed by atoms with Gasteiger partial charge in [-0.1, -0.05) is 29.8 Å². The van der Waals surface area contributed by atoms with E-state index in [9.17, 15) is 0 Å². The lowest BCUT2D eigenvalue weighted by Gasteiger charge is -2.28. The molecule has 0 bridgehead atoms. The fraction of sp³-hybridized carbons (Fsp3) is 0.571. The predicted molar refractivity (Wildman–Crippen MR) is 74.2 cm³/mol. The van der Waals surface area contributed by atoms with Crippen LogP contribution in [-0.2, 0) is 0 Å². The van der Waals surface area contributed by atoms with Gasteiger partial charge < -0.3 is 10.6 Å². The van der Waals surface area contributed by atoms with Gasteiger partial charge in [0.2, 0.25) is 0 Å². The Balaban J connectivity index is 2.70. The van der Waals surface area contributed by atoms with Crippen LogP contribution in [0.15, 0.2) is 24.3 Å². The summed E-state index contributed by atoms with van der Waals surface area (Å²) in [5.41, 5.74) is 8.51. The maximum atomic E-state index is 5.91. The van der Waals surface area contributed by atoms with E-state index in [0.717, 1.165) is 13.1 Å². The minimum absolute atomic E-state index is 0.315. The van der Waals surface area contributed by atoms with Gasteiger partial charge in [-0.3, -0.25) is 4.90 Å². The highest BCUT2D eigenvalue weighted by Gasteiger charge is 2.15. The Morgan fingerprint density at radius 3 is 2.41 bits per heavy atom. The number of benzene rings is 1. The van der Waals surface area contributed by atoms with Crippen LogP contribution in [0, 0.1) is 6.92 Å². The quantitative estimate of drug-likeness (QED) is 0.811. The Morgan fingerprint density at radius 2 is 1.88 bits per heavy atom. The highest BCUT2D eigenvalue weighted by molar-refractivity contribution is 5.25. The number of rotatable bonds is 6. The van der Waals surface area contributed by atoms with Crippen LogP contribution < -0.4 is 5.73 Å². The van der Waals surface area contributed by atoms with E-state index < -0.39 is 0 Å². The monoisotopic (exact) mass is 235 g/mol. The van der Waals surface area contributed by atoms with Crippen LogP contribution in [0.5, 0.6) is 0 Å². The number of hydrogen-bond donors (Lipinski definition) is 1. The van der Waals surface area contributed by atoms with Crippen molar-refractivity contribution in [2.24, 2.45) is 5.73 Å². The summed E-state index contributed by atoms with van der Waals surface area (Å²) < 4.78 is 0. The molecule has 2 N–H and O–H groups in total. The third-order valence-corrected chi connectivity index (χ3v) is 3.08. The zero-order valence-electron chi connectivity index (χ0n) is 11.5. The van der Waals surface area contributed by atoms with Crippen LogP contribution in [0.4, 0.5) is 0 Å². The van der Waals surface area contributed by atoms with E-state index in [-0.39, 0.29) is 0 Å². The lowest BCUT2D eigenvalue weighted by molar-refractivity contribution is 0.223. The topological polar surface area (TPSA) is 32.5 Å². The molecule has 3 nitrogen and oxygen atoms in total. The Bertz CT molecular complexity index is 336. The van der Waals surface area contributed by atoms with Crippen molar-refractivity contribution in [3.63, 3.8) is 0 Å². The van der Waals surface area contributed by atoms with Crippen LogP contribution in [0.2, 0.25) is 0 Å². The van der Waals surface area contributed by atoms with Crippen molar-refractivity contribution in [3.8, 4) is 0 Å². The second-order valence-corrected chi connectivity index (χ2v) is 4.95. The lowest BCUT2D eigenvalue weighted by atomic mass is 10.0. The second-order valence-electron chi connectivity index (χ2n) is 4.95. The molecule has 1 aromatic rings. The fourth-order valence-corrected chi connectivity index (χ4v) is 1.96. The zero-order chi connectivity index (χ0) is 12.8. The number of nitrogens with zero attached hydrogens (tertiary/aromatic N) is 2. The summed E-state index contributed by atoms with van der Waals surface area (Å²) in [4.78, 5) is 4.52. The number of aryl methyl sites for hydroxylation is 1. The Labute approximate surface area is 105 Å². The molecule has 0 amide bonds. The van der Waals surface area contributed by atoms with Crippen molar-refractivity contribution in [3.05, 3.63) is 35.4 Å². The Morgan fingerprint density at radius 1 is 1.18 bits per heavy atom. The molecule has 0 aliphatic heterocycles. The molecule has 3 heteroatoms. The number of likely N-dealkylation sites (N-methyl/N-ethyl adjacent to an activating group) is 2. The average molecular weight is 235 g/mol. The highest BCUT2D eigenvalue weighted by Crippen LogP contribution is 2.18. The molecule has 0 spiro atoms. The first-order chi connectivity index (χ1) is 8.04. The summed E-state index contributed by atoms with van der Waals surface area (Å²) in [5.74, 6) is 0. The molecule has 1 atom stereocenters. The van der Waals surface area contributed by atoms with Gasteiger partial charge in [0.15, 0.2) is 0 Å². The van der Waals surface area contributed by atoms with Crippen molar-refractivity contribution in [1.29, 1.82) is 0 Å². The molecule has 0 aliphatic rings. The van der Waals surface area contributed by atoms with Gasteiger partial charge in [-0.05, 0) is 33.6 Å². The summed E-state index contributed by atoms with van der Waals surface area (Å²) in [6, 6.07) is 8.93. The first-order valence-corrected chi connectivity index (χ1v) is 6.16. The van der Waals surface area contributed by atoms with Gasteiger partial charge in [-0.2, -0.15) is 0 Å². The van der Waals surface area contributed by atoms with Gasteiger partial charge in [0.05, 0.1) is 0 Å². The summed E-state index contributed by atoms with van der Waals surface area (Å²) in [5, 5.41) is 0. The van der Waals surface area contributed by atoms with E-state index in [0.29, 0.717) is 12.6 Å². The molecular weight excluding hydrogens is 210 g/mol. The van der Waals surface area contributed by atoms with Gasteiger partial charge in [-0.15, -0.1) is 0 Å². The van der Waals surface area contributed by atoms with Crippen molar-refractivity contribution < 1.29 is 0 Å². The zero-order valence-corrected chi connectivity index (χ0v) is 11.5. The van der Waals surface area contributed by atoms with Gasteiger partial charge in [0.1, 0.15) is 0 Å².